The summed E-state index contributed by atoms with van der Waals surface area (Å²) in [7, 11) is 3.42. The van der Waals surface area contributed by atoms with Gasteiger partial charge in [-0.05, 0) is 36.8 Å². The monoisotopic (exact) mass is 378 g/mol. The van der Waals surface area contributed by atoms with Gasteiger partial charge in [0.25, 0.3) is 0 Å². The van der Waals surface area contributed by atoms with Gasteiger partial charge in [-0.25, -0.2) is 4.98 Å². The third-order valence-corrected chi connectivity index (χ3v) is 4.34. The molecule has 0 saturated carbocycles. The zero-order valence-electron chi connectivity index (χ0n) is 16.5. The van der Waals surface area contributed by atoms with Crippen molar-refractivity contribution >= 4 is 5.96 Å². The smallest absolute Gasteiger partial charge is 0.226 e. The quantitative estimate of drug-likeness (QED) is 0.486. The first-order chi connectivity index (χ1) is 13.7. The number of guanidine groups is 1. The summed E-state index contributed by atoms with van der Waals surface area (Å²) in [6.45, 7) is 3.43. The highest BCUT2D eigenvalue weighted by molar-refractivity contribution is 5.79. The van der Waals surface area contributed by atoms with Crippen LogP contribution in [0.4, 0.5) is 0 Å². The molecule has 0 bridgehead atoms. The van der Waals surface area contributed by atoms with Gasteiger partial charge in [-0.3, -0.25) is 4.99 Å². The van der Waals surface area contributed by atoms with Crippen LogP contribution < -0.4 is 15.4 Å². The van der Waals surface area contributed by atoms with Crippen LogP contribution in [-0.4, -0.2) is 31.6 Å². The van der Waals surface area contributed by atoms with Gasteiger partial charge in [0.1, 0.15) is 12.0 Å². The van der Waals surface area contributed by atoms with Gasteiger partial charge in [0, 0.05) is 32.1 Å². The molecule has 0 aliphatic carbocycles. The minimum Gasteiger partial charge on any atom is -0.497 e. The minimum absolute atomic E-state index is 0.649. The molecule has 0 fully saturated rings. The number of aliphatic imine (C=N–C) groups is 1. The maximum absolute atomic E-state index is 5.60. The molecule has 0 aliphatic heterocycles. The largest absolute Gasteiger partial charge is 0.497 e. The second-order valence-corrected chi connectivity index (χ2v) is 6.46. The number of ether oxygens (including phenoxy) is 1. The molecular weight excluding hydrogens is 352 g/mol. The molecule has 2 aromatic carbocycles. The van der Waals surface area contributed by atoms with Crippen LogP contribution in [0, 0.1) is 6.92 Å². The third kappa shape index (κ3) is 5.36. The molecule has 0 amide bonds. The van der Waals surface area contributed by atoms with Crippen LogP contribution in [0.1, 0.15) is 16.8 Å². The number of oxazole rings is 1. The number of benzene rings is 2. The summed E-state index contributed by atoms with van der Waals surface area (Å²) in [6.07, 6.45) is 2.46. The first-order valence-corrected chi connectivity index (χ1v) is 9.27. The Kier molecular flexibility index (Phi) is 6.68. The van der Waals surface area contributed by atoms with Gasteiger partial charge < -0.3 is 19.8 Å². The predicted molar refractivity (Wildman–Crippen MR) is 112 cm³/mol. The van der Waals surface area contributed by atoms with Crippen molar-refractivity contribution in [3.63, 3.8) is 0 Å². The number of hydrogen-bond donors (Lipinski definition) is 2. The van der Waals surface area contributed by atoms with Gasteiger partial charge in [0.15, 0.2) is 5.96 Å². The lowest BCUT2D eigenvalue weighted by atomic mass is 10.1. The van der Waals surface area contributed by atoms with Gasteiger partial charge in [-0.15, -0.1) is 0 Å². The molecule has 0 unspecified atom stereocenters. The van der Waals surface area contributed by atoms with E-state index in [4.69, 9.17) is 9.15 Å². The normalized spacial score (nSPS) is 11.3. The second-order valence-electron chi connectivity index (χ2n) is 6.46. The zero-order chi connectivity index (χ0) is 19.8. The molecule has 6 heteroatoms. The first-order valence-electron chi connectivity index (χ1n) is 9.27. The molecule has 146 valence electrons. The van der Waals surface area contributed by atoms with Crippen molar-refractivity contribution in [2.75, 3.05) is 20.7 Å². The van der Waals surface area contributed by atoms with Crippen molar-refractivity contribution < 1.29 is 9.15 Å². The van der Waals surface area contributed by atoms with E-state index >= 15 is 0 Å². The Hall–Kier alpha value is -3.28. The Labute approximate surface area is 165 Å². The summed E-state index contributed by atoms with van der Waals surface area (Å²) in [5, 5.41) is 6.60. The molecule has 0 radical (unpaired) electrons. The summed E-state index contributed by atoms with van der Waals surface area (Å²) < 4.78 is 10.9. The average molecular weight is 378 g/mol. The van der Waals surface area contributed by atoms with E-state index in [2.05, 4.69) is 39.7 Å². The van der Waals surface area contributed by atoms with E-state index in [-0.39, 0.29) is 0 Å². The molecule has 1 aromatic heterocycles. The number of nitrogens with zero attached hydrogens (tertiary/aromatic N) is 2. The fraction of sp³-hybridized carbons (Fsp3) is 0.273. The lowest BCUT2D eigenvalue weighted by Gasteiger charge is -2.12. The molecule has 2 N–H and O–H groups in total. The number of aryl methyl sites for hydroxylation is 1. The Bertz CT molecular complexity index is 916. The highest BCUT2D eigenvalue weighted by Gasteiger charge is 2.07. The molecule has 0 atom stereocenters. The maximum atomic E-state index is 5.60. The van der Waals surface area contributed by atoms with Crippen molar-refractivity contribution in [3.8, 4) is 17.2 Å². The Balaban J connectivity index is 1.47. The van der Waals surface area contributed by atoms with Gasteiger partial charge >= 0.3 is 0 Å². The van der Waals surface area contributed by atoms with E-state index in [1.54, 1.807) is 20.4 Å². The van der Waals surface area contributed by atoms with Gasteiger partial charge in [-0.2, -0.15) is 0 Å². The van der Waals surface area contributed by atoms with Crippen LogP contribution >= 0.6 is 0 Å². The van der Waals surface area contributed by atoms with Gasteiger partial charge in [-0.1, -0.05) is 29.8 Å². The van der Waals surface area contributed by atoms with Crippen LogP contribution in [0.25, 0.3) is 11.5 Å². The summed E-state index contributed by atoms with van der Waals surface area (Å²) >= 11 is 0. The van der Waals surface area contributed by atoms with Gasteiger partial charge in [0.2, 0.25) is 5.89 Å². The van der Waals surface area contributed by atoms with E-state index in [0.717, 1.165) is 35.0 Å². The molecule has 3 rings (SSSR count). The minimum atomic E-state index is 0.649. The van der Waals surface area contributed by atoms with Crippen LogP contribution in [0.15, 0.2) is 64.2 Å². The molecule has 0 saturated heterocycles. The molecule has 1 heterocycles. The summed E-state index contributed by atoms with van der Waals surface area (Å²) in [5.41, 5.74) is 4.24. The third-order valence-electron chi connectivity index (χ3n) is 4.34. The fourth-order valence-electron chi connectivity index (χ4n) is 2.75. The molecule has 6 nitrogen and oxygen atoms in total. The lowest BCUT2D eigenvalue weighted by Crippen LogP contribution is -2.37. The van der Waals surface area contributed by atoms with E-state index in [0.29, 0.717) is 19.0 Å². The van der Waals surface area contributed by atoms with E-state index < -0.39 is 0 Å². The topological polar surface area (TPSA) is 71.7 Å². The van der Waals surface area contributed by atoms with Crippen molar-refractivity contribution in [1.29, 1.82) is 0 Å². The zero-order valence-corrected chi connectivity index (χ0v) is 16.5. The van der Waals surface area contributed by atoms with Crippen molar-refractivity contribution in [3.05, 3.63) is 71.6 Å². The number of rotatable bonds is 7. The van der Waals surface area contributed by atoms with Crippen LogP contribution in [0.3, 0.4) is 0 Å². The Morgan fingerprint density at radius 2 is 1.96 bits per heavy atom. The molecule has 0 spiro atoms. The van der Waals surface area contributed by atoms with Crippen LogP contribution in [0.2, 0.25) is 0 Å². The highest BCUT2D eigenvalue weighted by atomic mass is 16.5. The predicted octanol–water partition coefficient (Wildman–Crippen LogP) is 3.57. The number of nitrogens with one attached hydrogen (secondary N) is 2. The molecule has 28 heavy (non-hydrogen) atoms. The lowest BCUT2D eigenvalue weighted by molar-refractivity contribution is 0.414. The fourth-order valence-corrected chi connectivity index (χ4v) is 2.75. The Morgan fingerprint density at radius 1 is 1.14 bits per heavy atom. The van der Waals surface area contributed by atoms with E-state index in [9.17, 15) is 0 Å². The number of hydrogen-bond acceptors (Lipinski definition) is 4. The summed E-state index contributed by atoms with van der Waals surface area (Å²) in [4.78, 5) is 8.82. The first kappa shape index (κ1) is 19.5. The van der Waals surface area contributed by atoms with E-state index in [1.807, 2.05) is 36.4 Å². The maximum Gasteiger partial charge on any atom is 0.226 e. The number of methoxy groups -OCH3 is 1. The number of aromatic nitrogens is 1. The summed E-state index contributed by atoms with van der Waals surface area (Å²) in [6, 6.07) is 16.1. The van der Waals surface area contributed by atoms with E-state index in [1.165, 1.54) is 5.56 Å². The second kappa shape index (κ2) is 9.60. The highest BCUT2D eigenvalue weighted by Crippen LogP contribution is 2.19. The van der Waals surface area contributed by atoms with Crippen LogP contribution in [-0.2, 0) is 13.0 Å². The summed E-state index contributed by atoms with van der Waals surface area (Å²) in [5.74, 6) is 2.23. The van der Waals surface area contributed by atoms with Gasteiger partial charge in [0.05, 0.1) is 12.8 Å². The molecule has 0 aliphatic rings. The van der Waals surface area contributed by atoms with Crippen molar-refractivity contribution in [1.82, 2.24) is 15.6 Å². The van der Waals surface area contributed by atoms with Crippen LogP contribution in [0.5, 0.6) is 5.75 Å². The Morgan fingerprint density at radius 3 is 2.71 bits per heavy atom. The standard InChI is InChI=1S/C22H26N4O2/c1-16-7-9-18(10-8-16)21-26-19(15-28-21)11-12-24-22(23-2)25-14-17-5-4-6-20(13-17)27-3/h4-10,13,15H,11-12,14H2,1-3H3,(H2,23,24,25). The average Bonchev–Trinajstić information content (AvgIpc) is 3.20. The van der Waals surface area contributed by atoms with Crippen molar-refractivity contribution in [2.45, 2.75) is 19.9 Å². The van der Waals surface area contributed by atoms with Crippen molar-refractivity contribution in [2.24, 2.45) is 4.99 Å². The molecule has 3 aromatic rings. The molecular formula is C22H26N4O2. The SMILES string of the molecule is CN=C(NCCc1coc(-c2ccc(C)cc2)n1)NCc1cccc(OC)c1.